The summed E-state index contributed by atoms with van der Waals surface area (Å²) in [5.74, 6) is 1.12. The molecule has 0 spiro atoms. The summed E-state index contributed by atoms with van der Waals surface area (Å²) >= 11 is 0. The van der Waals surface area contributed by atoms with Crippen LogP contribution >= 0.6 is 0 Å². The first-order chi connectivity index (χ1) is 13.2. The summed E-state index contributed by atoms with van der Waals surface area (Å²) in [6, 6.07) is 19.2. The van der Waals surface area contributed by atoms with Gasteiger partial charge in [0.2, 0.25) is 5.91 Å². The lowest BCUT2D eigenvalue weighted by Crippen LogP contribution is -2.32. The molecule has 6 heteroatoms. The molecule has 138 valence electrons. The van der Waals surface area contributed by atoms with Gasteiger partial charge in [-0.25, -0.2) is 14.0 Å². The highest BCUT2D eigenvalue weighted by atomic mass is 16.2. The fourth-order valence-electron chi connectivity index (χ4n) is 3.14. The van der Waals surface area contributed by atoms with Crippen LogP contribution < -0.4 is 11.0 Å². The molecule has 0 radical (unpaired) electrons. The molecule has 1 saturated carbocycles. The van der Waals surface area contributed by atoms with Gasteiger partial charge in [0.15, 0.2) is 0 Å². The van der Waals surface area contributed by atoms with E-state index in [1.807, 2.05) is 60.7 Å². The SMILES string of the molecule is O=C(Cc1ccccc1)NCCn1nc(C2CC2)n(-c2ccccc2)c1=O. The number of aromatic nitrogens is 3. The second-order valence-corrected chi connectivity index (χ2v) is 6.82. The van der Waals surface area contributed by atoms with Gasteiger partial charge in [0.25, 0.3) is 0 Å². The minimum atomic E-state index is -0.152. The minimum Gasteiger partial charge on any atom is -0.354 e. The van der Waals surface area contributed by atoms with Crippen molar-refractivity contribution >= 4 is 5.91 Å². The third-order valence-corrected chi connectivity index (χ3v) is 4.67. The second-order valence-electron chi connectivity index (χ2n) is 6.82. The normalized spacial score (nSPS) is 13.5. The van der Waals surface area contributed by atoms with E-state index in [0.29, 0.717) is 25.4 Å². The van der Waals surface area contributed by atoms with Crippen molar-refractivity contribution in [1.82, 2.24) is 19.7 Å². The molecule has 4 rings (SSSR count). The first-order valence-electron chi connectivity index (χ1n) is 9.28. The molecule has 1 amide bonds. The first kappa shape index (κ1) is 17.3. The van der Waals surface area contributed by atoms with Crippen LogP contribution in [0.5, 0.6) is 0 Å². The van der Waals surface area contributed by atoms with E-state index in [-0.39, 0.29) is 11.6 Å². The number of para-hydroxylation sites is 1. The fraction of sp³-hybridized carbons (Fsp3) is 0.286. The van der Waals surface area contributed by atoms with Gasteiger partial charge in [0, 0.05) is 12.5 Å². The standard InChI is InChI=1S/C21H22N4O2/c26-19(15-16-7-3-1-4-8-16)22-13-14-24-21(27)25(18-9-5-2-6-10-18)20(23-24)17-11-12-17/h1-10,17H,11-15H2,(H,22,26). The van der Waals surface area contributed by atoms with Crippen molar-refractivity contribution < 1.29 is 4.79 Å². The number of benzene rings is 2. The maximum atomic E-state index is 12.8. The summed E-state index contributed by atoms with van der Waals surface area (Å²) in [5.41, 5.74) is 1.65. The third kappa shape index (κ3) is 4.00. The lowest BCUT2D eigenvalue weighted by molar-refractivity contribution is -0.120. The van der Waals surface area contributed by atoms with E-state index in [0.717, 1.165) is 29.9 Å². The Morgan fingerprint density at radius 1 is 1.04 bits per heavy atom. The average molecular weight is 362 g/mol. The molecule has 1 aliphatic carbocycles. The molecule has 0 aliphatic heterocycles. The summed E-state index contributed by atoms with van der Waals surface area (Å²) in [6.07, 6.45) is 2.47. The Morgan fingerprint density at radius 2 is 1.70 bits per heavy atom. The van der Waals surface area contributed by atoms with Gasteiger partial charge in [0.1, 0.15) is 5.82 Å². The van der Waals surface area contributed by atoms with E-state index in [9.17, 15) is 9.59 Å². The molecule has 1 fully saturated rings. The summed E-state index contributed by atoms with van der Waals surface area (Å²) < 4.78 is 3.16. The Labute approximate surface area is 157 Å². The largest absolute Gasteiger partial charge is 0.354 e. The van der Waals surface area contributed by atoms with E-state index >= 15 is 0 Å². The average Bonchev–Trinajstić information content (AvgIpc) is 3.48. The highest BCUT2D eigenvalue weighted by molar-refractivity contribution is 5.78. The summed E-state index contributed by atoms with van der Waals surface area (Å²) in [7, 11) is 0. The maximum Gasteiger partial charge on any atom is 0.350 e. The van der Waals surface area contributed by atoms with Gasteiger partial charge in [-0.3, -0.25) is 4.79 Å². The summed E-state index contributed by atoms with van der Waals surface area (Å²) in [5, 5.41) is 7.42. The van der Waals surface area contributed by atoms with Crippen LogP contribution in [0, 0.1) is 0 Å². The predicted molar refractivity (Wildman–Crippen MR) is 103 cm³/mol. The molecule has 1 N–H and O–H groups in total. The second kappa shape index (κ2) is 7.61. The number of nitrogens with one attached hydrogen (secondary N) is 1. The lowest BCUT2D eigenvalue weighted by atomic mass is 10.1. The first-order valence-corrected chi connectivity index (χ1v) is 9.28. The lowest BCUT2D eigenvalue weighted by Gasteiger charge is -2.05. The Morgan fingerprint density at radius 3 is 2.37 bits per heavy atom. The maximum absolute atomic E-state index is 12.8. The zero-order valence-electron chi connectivity index (χ0n) is 15.0. The number of rotatable bonds is 7. The Bertz CT molecular complexity index is 972. The fourth-order valence-corrected chi connectivity index (χ4v) is 3.14. The Hall–Kier alpha value is -3.15. The van der Waals surface area contributed by atoms with Gasteiger partial charge in [0.05, 0.1) is 18.7 Å². The highest BCUT2D eigenvalue weighted by Gasteiger charge is 2.31. The molecule has 0 unspecified atom stereocenters. The molecular weight excluding hydrogens is 340 g/mol. The molecule has 1 heterocycles. The van der Waals surface area contributed by atoms with Gasteiger partial charge in [-0.05, 0) is 30.5 Å². The minimum absolute atomic E-state index is 0.0563. The molecule has 0 atom stereocenters. The van der Waals surface area contributed by atoms with E-state index in [1.54, 1.807) is 4.57 Å². The Kier molecular flexibility index (Phi) is 4.87. The van der Waals surface area contributed by atoms with Crippen molar-refractivity contribution in [1.29, 1.82) is 0 Å². The van der Waals surface area contributed by atoms with Crippen molar-refractivity contribution in [2.24, 2.45) is 0 Å². The highest BCUT2D eigenvalue weighted by Crippen LogP contribution is 2.39. The monoisotopic (exact) mass is 362 g/mol. The van der Waals surface area contributed by atoms with Gasteiger partial charge >= 0.3 is 5.69 Å². The van der Waals surface area contributed by atoms with E-state index in [4.69, 9.17) is 0 Å². The van der Waals surface area contributed by atoms with Crippen LogP contribution in [-0.4, -0.2) is 26.8 Å². The quantitative estimate of drug-likeness (QED) is 0.701. The smallest absolute Gasteiger partial charge is 0.350 e. The van der Waals surface area contributed by atoms with Gasteiger partial charge in [-0.2, -0.15) is 5.10 Å². The summed E-state index contributed by atoms with van der Waals surface area (Å²) in [4.78, 5) is 24.9. The number of amides is 1. The molecule has 2 aromatic carbocycles. The summed E-state index contributed by atoms with van der Waals surface area (Å²) in [6.45, 7) is 0.737. The van der Waals surface area contributed by atoms with Crippen LogP contribution in [0.4, 0.5) is 0 Å². The molecule has 27 heavy (non-hydrogen) atoms. The number of hydrogen-bond donors (Lipinski definition) is 1. The van der Waals surface area contributed by atoms with Crippen molar-refractivity contribution in [3.8, 4) is 5.69 Å². The molecule has 1 aromatic heterocycles. The van der Waals surface area contributed by atoms with Crippen molar-refractivity contribution in [3.63, 3.8) is 0 Å². The van der Waals surface area contributed by atoms with Crippen LogP contribution in [0.3, 0.4) is 0 Å². The van der Waals surface area contributed by atoms with E-state index in [1.165, 1.54) is 4.68 Å². The molecule has 1 aliphatic rings. The van der Waals surface area contributed by atoms with E-state index < -0.39 is 0 Å². The van der Waals surface area contributed by atoms with E-state index in [2.05, 4.69) is 10.4 Å². The van der Waals surface area contributed by atoms with Crippen LogP contribution in [0.2, 0.25) is 0 Å². The molecule has 3 aromatic rings. The molecule has 0 saturated heterocycles. The Balaban J connectivity index is 1.44. The number of carbonyl (C=O) groups is 1. The third-order valence-electron chi connectivity index (χ3n) is 4.67. The molecule has 0 bridgehead atoms. The van der Waals surface area contributed by atoms with Crippen LogP contribution in [0.25, 0.3) is 5.69 Å². The van der Waals surface area contributed by atoms with Crippen LogP contribution in [0.1, 0.15) is 30.1 Å². The van der Waals surface area contributed by atoms with Crippen molar-refractivity contribution in [2.75, 3.05) is 6.54 Å². The van der Waals surface area contributed by atoms with Gasteiger partial charge < -0.3 is 5.32 Å². The van der Waals surface area contributed by atoms with Crippen molar-refractivity contribution in [2.45, 2.75) is 31.7 Å². The van der Waals surface area contributed by atoms with Crippen molar-refractivity contribution in [3.05, 3.63) is 82.5 Å². The zero-order valence-corrected chi connectivity index (χ0v) is 15.0. The predicted octanol–water partition coefficient (Wildman–Crippen LogP) is 2.27. The van der Waals surface area contributed by atoms with Crippen LogP contribution in [-0.2, 0) is 17.8 Å². The van der Waals surface area contributed by atoms with Crippen LogP contribution in [0.15, 0.2) is 65.5 Å². The number of nitrogens with zero attached hydrogens (tertiary/aromatic N) is 3. The topological polar surface area (TPSA) is 68.9 Å². The van der Waals surface area contributed by atoms with Gasteiger partial charge in [-0.15, -0.1) is 0 Å². The number of hydrogen-bond acceptors (Lipinski definition) is 3. The van der Waals surface area contributed by atoms with Gasteiger partial charge in [-0.1, -0.05) is 48.5 Å². The molecule has 6 nitrogen and oxygen atoms in total. The number of carbonyl (C=O) groups excluding carboxylic acids is 1. The molecular formula is C21H22N4O2. The zero-order chi connectivity index (χ0) is 18.6.